The molecule has 0 heterocycles. The summed E-state index contributed by atoms with van der Waals surface area (Å²) in [5, 5.41) is 10.1. The topological polar surface area (TPSA) is 20.2 Å². The van der Waals surface area contributed by atoms with E-state index in [2.05, 4.69) is 15.9 Å². The average molecular weight is 332 g/mol. The van der Waals surface area contributed by atoms with Gasteiger partial charge in [0, 0.05) is 15.9 Å². The number of hydrogen-bond donors (Lipinski definition) is 1. The molecule has 1 nitrogen and oxygen atoms in total. The molecule has 0 amide bonds. The molecular formula is C11H11BrClF3O. The average Bonchev–Trinajstić information content (AvgIpc) is 2.15. The summed E-state index contributed by atoms with van der Waals surface area (Å²) >= 11 is 9.09. The Morgan fingerprint density at radius 2 is 2.00 bits per heavy atom. The molecule has 0 radical (unpaired) electrons. The van der Waals surface area contributed by atoms with Crippen LogP contribution < -0.4 is 0 Å². The van der Waals surface area contributed by atoms with Gasteiger partial charge in [-0.15, -0.1) is 0 Å². The third-order valence-corrected chi connectivity index (χ3v) is 3.08. The van der Waals surface area contributed by atoms with Crippen molar-refractivity contribution in [1.29, 1.82) is 0 Å². The van der Waals surface area contributed by atoms with Crippen LogP contribution in [0.25, 0.3) is 0 Å². The van der Waals surface area contributed by atoms with Crippen molar-refractivity contribution in [1.82, 2.24) is 0 Å². The van der Waals surface area contributed by atoms with Crippen LogP contribution in [0.2, 0.25) is 5.02 Å². The Hall–Kier alpha value is -0.260. The lowest BCUT2D eigenvalue weighted by atomic mass is 10.0. The summed E-state index contributed by atoms with van der Waals surface area (Å²) < 4.78 is 36.5. The van der Waals surface area contributed by atoms with Gasteiger partial charge in [0.05, 0.1) is 6.10 Å². The largest absolute Gasteiger partial charge is 0.389 e. The SMILES string of the molecule is OC(CCCC(F)(F)F)c1ccc(Br)cc1Cl. The number of alkyl halides is 3. The second kappa shape index (κ2) is 6.07. The van der Waals surface area contributed by atoms with Crippen molar-refractivity contribution < 1.29 is 18.3 Å². The lowest BCUT2D eigenvalue weighted by Gasteiger charge is -2.13. The minimum Gasteiger partial charge on any atom is -0.388 e. The van der Waals surface area contributed by atoms with E-state index >= 15 is 0 Å². The number of halogens is 5. The smallest absolute Gasteiger partial charge is 0.388 e. The predicted molar refractivity (Wildman–Crippen MR) is 64.0 cm³/mol. The summed E-state index contributed by atoms with van der Waals surface area (Å²) in [5.74, 6) is 0. The van der Waals surface area contributed by atoms with Gasteiger partial charge in [0.1, 0.15) is 0 Å². The zero-order valence-electron chi connectivity index (χ0n) is 8.77. The molecular weight excluding hydrogens is 320 g/mol. The van der Waals surface area contributed by atoms with E-state index in [4.69, 9.17) is 11.6 Å². The molecule has 1 rings (SSSR count). The summed E-state index contributed by atoms with van der Waals surface area (Å²) in [6.45, 7) is 0. The maximum Gasteiger partial charge on any atom is 0.389 e. The molecule has 0 aromatic heterocycles. The first kappa shape index (κ1) is 14.8. The Bertz CT molecular complexity index is 381. The highest BCUT2D eigenvalue weighted by molar-refractivity contribution is 9.10. The summed E-state index contributed by atoms with van der Waals surface area (Å²) in [4.78, 5) is 0. The Morgan fingerprint density at radius 3 is 2.53 bits per heavy atom. The Balaban J connectivity index is 2.55. The van der Waals surface area contributed by atoms with Gasteiger partial charge in [0.15, 0.2) is 0 Å². The van der Waals surface area contributed by atoms with Crippen LogP contribution in [0.15, 0.2) is 22.7 Å². The molecule has 0 aliphatic carbocycles. The maximum absolute atomic E-state index is 11.9. The van der Waals surface area contributed by atoms with E-state index in [9.17, 15) is 18.3 Å². The van der Waals surface area contributed by atoms with Gasteiger partial charge in [0.2, 0.25) is 0 Å². The van der Waals surface area contributed by atoms with Gasteiger partial charge in [-0.05, 0) is 30.5 Å². The van der Waals surface area contributed by atoms with Crippen LogP contribution in [0.5, 0.6) is 0 Å². The first-order valence-electron chi connectivity index (χ1n) is 4.99. The molecule has 0 spiro atoms. The van der Waals surface area contributed by atoms with Crippen molar-refractivity contribution in [3.8, 4) is 0 Å². The van der Waals surface area contributed by atoms with Crippen LogP contribution in [0, 0.1) is 0 Å². The van der Waals surface area contributed by atoms with Gasteiger partial charge in [-0.1, -0.05) is 33.6 Å². The van der Waals surface area contributed by atoms with Crippen LogP contribution in [0.1, 0.15) is 30.9 Å². The van der Waals surface area contributed by atoms with Gasteiger partial charge < -0.3 is 5.11 Å². The van der Waals surface area contributed by atoms with E-state index in [1.54, 1.807) is 18.2 Å². The Kier molecular flexibility index (Phi) is 5.28. The third kappa shape index (κ3) is 5.27. The Morgan fingerprint density at radius 1 is 1.35 bits per heavy atom. The summed E-state index contributed by atoms with van der Waals surface area (Å²) in [5.41, 5.74) is 0.456. The minimum absolute atomic E-state index is 0.0425. The molecule has 1 N–H and O–H groups in total. The van der Waals surface area contributed by atoms with Gasteiger partial charge in [-0.25, -0.2) is 0 Å². The molecule has 1 aromatic carbocycles. The van der Waals surface area contributed by atoms with Crippen LogP contribution in [0.3, 0.4) is 0 Å². The quantitative estimate of drug-likeness (QED) is 0.834. The first-order chi connectivity index (χ1) is 7.79. The number of aliphatic hydroxyl groups excluding tert-OH is 1. The standard InChI is InChI=1S/C11H11BrClF3O/c12-7-3-4-8(9(13)6-7)10(17)2-1-5-11(14,15)16/h3-4,6,10,17H,1-2,5H2. The van der Waals surface area contributed by atoms with Gasteiger partial charge in [-0.3, -0.25) is 0 Å². The molecule has 6 heteroatoms. The van der Waals surface area contributed by atoms with E-state index in [-0.39, 0.29) is 12.8 Å². The highest BCUT2D eigenvalue weighted by atomic mass is 79.9. The normalized spacial score (nSPS) is 13.8. The van der Waals surface area contributed by atoms with Gasteiger partial charge in [0.25, 0.3) is 0 Å². The molecule has 1 unspecified atom stereocenters. The number of benzene rings is 1. The Labute approximate surface area is 111 Å². The van der Waals surface area contributed by atoms with Crippen LogP contribution in [0.4, 0.5) is 13.2 Å². The molecule has 0 aliphatic rings. The number of rotatable bonds is 4. The zero-order valence-corrected chi connectivity index (χ0v) is 11.1. The lowest BCUT2D eigenvalue weighted by Crippen LogP contribution is -2.08. The van der Waals surface area contributed by atoms with Crippen LogP contribution in [-0.2, 0) is 0 Å². The second-order valence-corrected chi connectivity index (χ2v) is 5.01. The fourth-order valence-corrected chi connectivity index (χ4v) is 2.22. The molecule has 0 aliphatic heterocycles. The van der Waals surface area contributed by atoms with Crippen molar-refractivity contribution >= 4 is 27.5 Å². The van der Waals surface area contributed by atoms with Crippen molar-refractivity contribution in [3.05, 3.63) is 33.3 Å². The zero-order chi connectivity index (χ0) is 13.1. The summed E-state index contributed by atoms with van der Waals surface area (Å²) in [6.07, 6.45) is -6.10. The first-order valence-corrected chi connectivity index (χ1v) is 6.16. The third-order valence-electron chi connectivity index (χ3n) is 2.26. The molecule has 1 aromatic rings. The van der Waals surface area contributed by atoms with E-state index in [1.807, 2.05) is 0 Å². The van der Waals surface area contributed by atoms with Crippen molar-refractivity contribution in [3.63, 3.8) is 0 Å². The second-order valence-electron chi connectivity index (χ2n) is 3.69. The van der Waals surface area contributed by atoms with Crippen LogP contribution in [-0.4, -0.2) is 11.3 Å². The number of hydrogen-bond acceptors (Lipinski definition) is 1. The van der Waals surface area contributed by atoms with Crippen molar-refractivity contribution in [2.45, 2.75) is 31.5 Å². The molecule has 17 heavy (non-hydrogen) atoms. The van der Waals surface area contributed by atoms with E-state index < -0.39 is 18.7 Å². The summed E-state index contributed by atoms with van der Waals surface area (Å²) in [7, 11) is 0. The van der Waals surface area contributed by atoms with E-state index in [0.717, 1.165) is 4.47 Å². The van der Waals surface area contributed by atoms with E-state index in [0.29, 0.717) is 10.6 Å². The molecule has 0 saturated heterocycles. The van der Waals surface area contributed by atoms with Crippen LogP contribution >= 0.6 is 27.5 Å². The summed E-state index contributed by atoms with van der Waals surface area (Å²) in [6, 6.07) is 4.89. The molecule has 0 fully saturated rings. The fourth-order valence-electron chi connectivity index (χ4n) is 1.42. The van der Waals surface area contributed by atoms with E-state index in [1.165, 1.54) is 0 Å². The van der Waals surface area contributed by atoms with Gasteiger partial charge in [-0.2, -0.15) is 13.2 Å². The highest BCUT2D eigenvalue weighted by Crippen LogP contribution is 2.31. The molecule has 96 valence electrons. The highest BCUT2D eigenvalue weighted by Gasteiger charge is 2.26. The van der Waals surface area contributed by atoms with Gasteiger partial charge >= 0.3 is 6.18 Å². The molecule has 0 saturated carbocycles. The molecule has 1 atom stereocenters. The number of aliphatic hydroxyl groups is 1. The van der Waals surface area contributed by atoms with Crippen molar-refractivity contribution in [2.75, 3.05) is 0 Å². The monoisotopic (exact) mass is 330 g/mol. The minimum atomic E-state index is -4.18. The maximum atomic E-state index is 11.9. The van der Waals surface area contributed by atoms with Crippen molar-refractivity contribution in [2.24, 2.45) is 0 Å². The molecule has 0 bridgehead atoms. The fraction of sp³-hybridized carbons (Fsp3) is 0.455. The predicted octanol–water partition coefficient (Wildman–Crippen LogP) is 4.87. The lowest BCUT2D eigenvalue weighted by molar-refractivity contribution is -0.136.